The van der Waals surface area contributed by atoms with Crippen LogP contribution in [0.2, 0.25) is 0 Å². The minimum Gasteiger partial charge on any atom is -0.463 e. The van der Waals surface area contributed by atoms with E-state index in [-0.39, 0.29) is 12.1 Å². The molecule has 1 aliphatic heterocycles. The molecular formula is C9H16O3. The Kier molecular flexibility index (Phi) is 4.08. The molecule has 12 heavy (non-hydrogen) atoms. The van der Waals surface area contributed by atoms with Gasteiger partial charge >= 0.3 is 5.97 Å². The van der Waals surface area contributed by atoms with Crippen LogP contribution in [0, 0.1) is 0 Å². The van der Waals surface area contributed by atoms with Crippen molar-refractivity contribution in [1.29, 1.82) is 0 Å². The largest absolute Gasteiger partial charge is 0.463 e. The fourth-order valence-electron chi connectivity index (χ4n) is 0.942. The van der Waals surface area contributed by atoms with Gasteiger partial charge in [0.25, 0.3) is 0 Å². The lowest BCUT2D eigenvalue weighted by Gasteiger charge is -2.01. The Morgan fingerprint density at radius 2 is 2.33 bits per heavy atom. The van der Waals surface area contributed by atoms with Gasteiger partial charge in [0.05, 0.1) is 6.61 Å². The SMILES string of the molecule is CCCCCC(=O)OCC1CO1. The molecule has 0 amide bonds. The molecule has 1 atom stereocenters. The van der Waals surface area contributed by atoms with Gasteiger partial charge in [-0.05, 0) is 6.42 Å². The predicted octanol–water partition coefficient (Wildman–Crippen LogP) is 1.51. The van der Waals surface area contributed by atoms with Crippen LogP contribution >= 0.6 is 0 Å². The van der Waals surface area contributed by atoms with Crippen LogP contribution in [0.25, 0.3) is 0 Å². The Morgan fingerprint density at radius 3 is 2.92 bits per heavy atom. The predicted molar refractivity (Wildman–Crippen MR) is 44.8 cm³/mol. The minimum atomic E-state index is -0.0843. The van der Waals surface area contributed by atoms with Crippen LogP contribution in [0.15, 0.2) is 0 Å². The summed E-state index contributed by atoms with van der Waals surface area (Å²) in [4.78, 5) is 11.0. The van der Waals surface area contributed by atoms with E-state index in [0.717, 1.165) is 25.9 Å². The highest BCUT2D eigenvalue weighted by Crippen LogP contribution is 2.09. The third-order valence-corrected chi connectivity index (χ3v) is 1.82. The normalized spacial score (nSPS) is 20.6. The summed E-state index contributed by atoms with van der Waals surface area (Å²) < 4.78 is 9.86. The van der Waals surface area contributed by atoms with Gasteiger partial charge in [0, 0.05) is 6.42 Å². The van der Waals surface area contributed by atoms with Crippen molar-refractivity contribution < 1.29 is 14.3 Å². The lowest BCUT2D eigenvalue weighted by atomic mass is 10.2. The highest BCUT2D eigenvalue weighted by Gasteiger charge is 2.23. The van der Waals surface area contributed by atoms with Crippen LogP contribution in [0.1, 0.15) is 32.6 Å². The number of epoxide rings is 1. The van der Waals surface area contributed by atoms with E-state index >= 15 is 0 Å². The maximum atomic E-state index is 11.0. The van der Waals surface area contributed by atoms with Gasteiger partial charge in [0.15, 0.2) is 0 Å². The van der Waals surface area contributed by atoms with E-state index in [0.29, 0.717) is 13.0 Å². The van der Waals surface area contributed by atoms with Gasteiger partial charge in [-0.1, -0.05) is 19.8 Å². The number of hydrogen-bond acceptors (Lipinski definition) is 3. The van der Waals surface area contributed by atoms with E-state index in [1.807, 2.05) is 0 Å². The number of carbonyl (C=O) groups excluding carboxylic acids is 1. The summed E-state index contributed by atoms with van der Waals surface area (Å²) in [6, 6.07) is 0. The second-order valence-electron chi connectivity index (χ2n) is 3.10. The lowest BCUT2D eigenvalue weighted by molar-refractivity contribution is -0.144. The fraction of sp³-hybridized carbons (Fsp3) is 0.889. The Balaban J connectivity index is 1.88. The molecule has 3 nitrogen and oxygen atoms in total. The lowest BCUT2D eigenvalue weighted by Crippen LogP contribution is -2.09. The summed E-state index contributed by atoms with van der Waals surface area (Å²) in [7, 11) is 0. The molecule has 0 aromatic heterocycles. The highest BCUT2D eigenvalue weighted by atomic mass is 16.6. The zero-order valence-electron chi connectivity index (χ0n) is 7.54. The molecule has 1 rings (SSSR count). The van der Waals surface area contributed by atoms with Crippen molar-refractivity contribution in [1.82, 2.24) is 0 Å². The van der Waals surface area contributed by atoms with Gasteiger partial charge in [-0.25, -0.2) is 0 Å². The first-order valence-electron chi connectivity index (χ1n) is 4.60. The van der Waals surface area contributed by atoms with Gasteiger partial charge in [0.2, 0.25) is 0 Å². The number of rotatable bonds is 6. The maximum Gasteiger partial charge on any atom is 0.305 e. The highest BCUT2D eigenvalue weighted by molar-refractivity contribution is 5.69. The molecule has 1 heterocycles. The van der Waals surface area contributed by atoms with Gasteiger partial charge in [0.1, 0.15) is 12.7 Å². The molecule has 0 spiro atoms. The van der Waals surface area contributed by atoms with Crippen LogP contribution in [0.3, 0.4) is 0 Å². The maximum absolute atomic E-state index is 11.0. The van der Waals surface area contributed by atoms with Crippen LogP contribution in [-0.4, -0.2) is 25.3 Å². The summed E-state index contributed by atoms with van der Waals surface area (Å²) in [5.74, 6) is -0.0843. The van der Waals surface area contributed by atoms with Crippen LogP contribution in [0.4, 0.5) is 0 Å². The molecule has 0 aliphatic carbocycles. The van der Waals surface area contributed by atoms with Crippen molar-refractivity contribution in [3.8, 4) is 0 Å². The molecule has 1 unspecified atom stereocenters. The third-order valence-electron chi connectivity index (χ3n) is 1.82. The Labute approximate surface area is 73.0 Å². The first-order chi connectivity index (χ1) is 5.83. The number of carbonyl (C=O) groups is 1. The van der Waals surface area contributed by atoms with Crippen LogP contribution in [-0.2, 0) is 14.3 Å². The molecule has 70 valence electrons. The topological polar surface area (TPSA) is 38.8 Å². The molecular weight excluding hydrogens is 156 g/mol. The average Bonchev–Trinajstić information content (AvgIpc) is 2.84. The van der Waals surface area contributed by atoms with Crippen LogP contribution in [0.5, 0.6) is 0 Å². The standard InChI is InChI=1S/C9H16O3/c1-2-3-4-5-9(10)12-7-8-6-11-8/h8H,2-7H2,1H3. The first-order valence-corrected chi connectivity index (χ1v) is 4.60. The Morgan fingerprint density at radius 1 is 1.58 bits per heavy atom. The van der Waals surface area contributed by atoms with Crippen molar-refractivity contribution in [2.24, 2.45) is 0 Å². The number of unbranched alkanes of at least 4 members (excludes halogenated alkanes) is 2. The minimum absolute atomic E-state index is 0.0843. The zero-order valence-corrected chi connectivity index (χ0v) is 7.54. The molecule has 1 aliphatic rings. The fourth-order valence-corrected chi connectivity index (χ4v) is 0.942. The Bertz CT molecular complexity index is 141. The molecule has 0 radical (unpaired) electrons. The molecule has 0 N–H and O–H groups in total. The monoisotopic (exact) mass is 172 g/mol. The zero-order chi connectivity index (χ0) is 8.81. The van der Waals surface area contributed by atoms with Gasteiger partial charge in [-0.3, -0.25) is 4.79 Å². The third kappa shape index (κ3) is 4.34. The molecule has 1 saturated heterocycles. The van der Waals surface area contributed by atoms with E-state index in [1.165, 1.54) is 0 Å². The van der Waals surface area contributed by atoms with Crippen molar-refractivity contribution in [2.45, 2.75) is 38.7 Å². The van der Waals surface area contributed by atoms with Gasteiger partial charge in [-0.15, -0.1) is 0 Å². The summed E-state index contributed by atoms with van der Waals surface area (Å²) >= 11 is 0. The molecule has 0 aromatic carbocycles. The van der Waals surface area contributed by atoms with E-state index in [9.17, 15) is 4.79 Å². The smallest absolute Gasteiger partial charge is 0.305 e. The van der Waals surface area contributed by atoms with E-state index < -0.39 is 0 Å². The van der Waals surface area contributed by atoms with Crippen molar-refractivity contribution in [3.63, 3.8) is 0 Å². The second-order valence-corrected chi connectivity index (χ2v) is 3.10. The Hall–Kier alpha value is -0.570. The average molecular weight is 172 g/mol. The summed E-state index contributed by atoms with van der Waals surface area (Å²) in [6.07, 6.45) is 3.94. The van der Waals surface area contributed by atoms with Gasteiger partial charge < -0.3 is 9.47 Å². The summed E-state index contributed by atoms with van der Waals surface area (Å²) in [5, 5.41) is 0. The number of esters is 1. The van der Waals surface area contributed by atoms with E-state index in [4.69, 9.17) is 9.47 Å². The first kappa shape index (κ1) is 9.52. The van der Waals surface area contributed by atoms with Crippen molar-refractivity contribution in [2.75, 3.05) is 13.2 Å². The van der Waals surface area contributed by atoms with Gasteiger partial charge in [-0.2, -0.15) is 0 Å². The van der Waals surface area contributed by atoms with E-state index in [1.54, 1.807) is 0 Å². The van der Waals surface area contributed by atoms with Crippen molar-refractivity contribution in [3.05, 3.63) is 0 Å². The van der Waals surface area contributed by atoms with E-state index in [2.05, 4.69) is 6.92 Å². The molecule has 0 bridgehead atoms. The molecule has 0 saturated carbocycles. The summed E-state index contributed by atoms with van der Waals surface area (Å²) in [6.45, 7) is 3.32. The number of hydrogen-bond donors (Lipinski definition) is 0. The quantitative estimate of drug-likeness (QED) is 0.346. The van der Waals surface area contributed by atoms with Crippen LogP contribution < -0.4 is 0 Å². The molecule has 1 fully saturated rings. The molecule has 3 heteroatoms. The summed E-state index contributed by atoms with van der Waals surface area (Å²) in [5.41, 5.74) is 0. The molecule has 0 aromatic rings. The number of ether oxygens (including phenoxy) is 2. The second kappa shape index (κ2) is 5.14. The van der Waals surface area contributed by atoms with Crippen molar-refractivity contribution >= 4 is 5.97 Å².